The summed E-state index contributed by atoms with van der Waals surface area (Å²) in [6.07, 6.45) is 5.14. The SMILES string of the molecule is CCC(NC(=O)NC1CCCC1)C(=N)N. The van der Waals surface area contributed by atoms with Crippen molar-refractivity contribution in [2.24, 2.45) is 5.73 Å². The van der Waals surface area contributed by atoms with Crippen molar-refractivity contribution in [1.29, 1.82) is 5.41 Å². The lowest BCUT2D eigenvalue weighted by Gasteiger charge is -2.18. The molecule has 1 aliphatic carbocycles. The standard InChI is InChI=1S/C10H20N4O/c1-2-8(9(11)12)14-10(15)13-7-5-3-4-6-7/h7-8H,2-6H2,1H3,(H3,11,12)(H2,13,14,15). The van der Waals surface area contributed by atoms with Crippen LogP contribution >= 0.6 is 0 Å². The number of nitrogens with two attached hydrogens (primary N) is 1. The monoisotopic (exact) mass is 212 g/mol. The van der Waals surface area contributed by atoms with Gasteiger partial charge in [-0.15, -0.1) is 0 Å². The third kappa shape index (κ3) is 3.77. The molecule has 5 nitrogen and oxygen atoms in total. The second-order valence-corrected chi connectivity index (χ2v) is 4.02. The van der Waals surface area contributed by atoms with Crippen molar-refractivity contribution in [2.45, 2.75) is 51.1 Å². The molecule has 5 N–H and O–H groups in total. The Morgan fingerprint density at radius 2 is 2.13 bits per heavy atom. The quantitative estimate of drug-likeness (QED) is 0.412. The van der Waals surface area contributed by atoms with Crippen LogP contribution in [0.4, 0.5) is 4.79 Å². The highest BCUT2D eigenvalue weighted by atomic mass is 16.2. The van der Waals surface area contributed by atoms with Gasteiger partial charge in [-0.25, -0.2) is 4.79 Å². The van der Waals surface area contributed by atoms with E-state index >= 15 is 0 Å². The van der Waals surface area contributed by atoms with Gasteiger partial charge < -0.3 is 16.4 Å². The van der Waals surface area contributed by atoms with Gasteiger partial charge >= 0.3 is 6.03 Å². The van der Waals surface area contributed by atoms with Crippen molar-refractivity contribution in [1.82, 2.24) is 10.6 Å². The van der Waals surface area contributed by atoms with Crippen LogP contribution in [-0.2, 0) is 0 Å². The number of amides is 2. The van der Waals surface area contributed by atoms with Crippen molar-refractivity contribution in [3.63, 3.8) is 0 Å². The largest absolute Gasteiger partial charge is 0.386 e. The molecule has 1 aliphatic rings. The van der Waals surface area contributed by atoms with Crippen LogP contribution in [0.1, 0.15) is 39.0 Å². The van der Waals surface area contributed by atoms with Gasteiger partial charge in [-0.2, -0.15) is 0 Å². The zero-order valence-corrected chi connectivity index (χ0v) is 9.18. The summed E-state index contributed by atoms with van der Waals surface area (Å²) < 4.78 is 0. The van der Waals surface area contributed by atoms with Gasteiger partial charge in [-0.05, 0) is 19.3 Å². The Morgan fingerprint density at radius 3 is 2.60 bits per heavy atom. The van der Waals surface area contributed by atoms with Crippen LogP contribution in [0.3, 0.4) is 0 Å². The van der Waals surface area contributed by atoms with Crippen LogP contribution in [0.25, 0.3) is 0 Å². The lowest BCUT2D eigenvalue weighted by molar-refractivity contribution is 0.235. The number of carbonyl (C=O) groups is 1. The molecule has 0 saturated heterocycles. The van der Waals surface area contributed by atoms with E-state index in [9.17, 15) is 4.79 Å². The number of carbonyl (C=O) groups excluding carboxylic acids is 1. The molecule has 0 aromatic carbocycles. The molecule has 0 spiro atoms. The molecule has 86 valence electrons. The number of hydrogen-bond acceptors (Lipinski definition) is 2. The van der Waals surface area contributed by atoms with Crippen molar-refractivity contribution in [3.8, 4) is 0 Å². The van der Waals surface area contributed by atoms with Crippen LogP contribution in [0.15, 0.2) is 0 Å². The number of rotatable bonds is 4. The lowest BCUT2D eigenvalue weighted by atomic mass is 10.2. The van der Waals surface area contributed by atoms with Crippen molar-refractivity contribution in [2.75, 3.05) is 0 Å². The second-order valence-electron chi connectivity index (χ2n) is 4.02. The summed E-state index contributed by atoms with van der Waals surface area (Å²) in [5, 5.41) is 12.9. The zero-order chi connectivity index (χ0) is 11.3. The highest BCUT2D eigenvalue weighted by Crippen LogP contribution is 2.17. The summed E-state index contributed by atoms with van der Waals surface area (Å²) in [4.78, 5) is 11.5. The second kappa shape index (κ2) is 5.58. The number of urea groups is 1. The van der Waals surface area contributed by atoms with E-state index in [0.717, 1.165) is 12.8 Å². The molecule has 0 bridgehead atoms. The molecule has 1 unspecified atom stereocenters. The van der Waals surface area contributed by atoms with E-state index in [0.29, 0.717) is 12.5 Å². The van der Waals surface area contributed by atoms with E-state index in [-0.39, 0.29) is 17.9 Å². The zero-order valence-electron chi connectivity index (χ0n) is 9.18. The fourth-order valence-corrected chi connectivity index (χ4v) is 1.86. The molecule has 1 saturated carbocycles. The molecule has 1 atom stereocenters. The molecule has 15 heavy (non-hydrogen) atoms. The third-order valence-corrected chi connectivity index (χ3v) is 2.78. The van der Waals surface area contributed by atoms with Gasteiger partial charge in [0, 0.05) is 6.04 Å². The predicted molar refractivity (Wildman–Crippen MR) is 59.9 cm³/mol. The Balaban J connectivity index is 2.30. The Labute approximate surface area is 90.3 Å². The summed E-state index contributed by atoms with van der Waals surface area (Å²) in [5.74, 6) is 0.0130. The number of amidine groups is 1. The van der Waals surface area contributed by atoms with Crippen LogP contribution in [0.5, 0.6) is 0 Å². The molecule has 0 heterocycles. The van der Waals surface area contributed by atoms with Crippen molar-refractivity contribution >= 4 is 11.9 Å². The molecule has 1 rings (SSSR count). The summed E-state index contributed by atoms with van der Waals surface area (Å²) in [6, 6.07) is -0.246. The van der Waals surface area contributed by atoms with Crippen LogP contribution in [0.2, 0.25) is 0 Å². The smallest absolute Gasteiger partial charge is 0.315 e. The molecular formula is C10H20N4O. The average Bonchev–Trinajstić information content (AvgIpc) is 2.66. The first kappa shape index (κ1) is 11.8. The summed E-state index contributed by atoms with van der Waals surface area (Å²) in [7, 11) is 0. The van der Waals surface area contributed by atoms with E-state index in [4.69, 9.17) is 11.1 Å². The van der Waals surface area contributed by atoms with E-state index in [1.54, 1.807) is 0 Å². The Bertz CT molecular complexity index is 236. The lowest BCUT2D eigenvalue weighted by Crippen LogP contribution is -2.49. The molecule has 0 aromatic heterocycles. The maximum atomic E-state index is 11.5. The van der Waals surface area contributed by atoms with E-state index in [1.165, 1.54) is 12.8 Å². The first-order chi connectivity index (χ1) is 7.13. The minimum atomic E-state index is -0.341. The molecule has 1 fully saturated rings. The maximum Gasteiger partial charge on any atom is 0.315 e. The van der Waals surface area contributed by atoms with Gasteiger partial charge in [0.1, 0.15) is 5.84 Å². The molecule has 0 aromatic rings. The molecule has 2 amide bonds. The molecular weight excluding hydrogens is 192 g/mol. The molecule has 5 heteroatoms. The predicted octanol–water partition coefficient (Wildman–Crippen LogP) is 0.943. The van der Waals surface area contributed by atoms with E-state index in [1.807, 2.05) is 6.92 Å². The van der Waals surface area contributed by atoms with Crippen LogP contribution in [-0.4, -0.2) is 24.0 Å². The first-order valence-electron chi connectivity index (χ1n) is 5.54. The average molecular weight is 212 g/mol. The van der Waals surface area contributed by atoms with Crippen LogP contribution in [0, 0.1) is 5.41 Å². The Kier molecular flexibility index (Phi) is 4.39. The molecule has 0 aliphatic heterocycles. The van der Waals surface area contributed by atoms with Gasteiger partial charge in [-0.1, -0.05) is 19.8 Å². The minimum Gasteiger partial charge on any atom is -0.386 e. The van der Waals surface area contributed by atoms with E-state index < -0.39 is 0 Å². The number of nitrogens with one attached hydrogen (secondary N) is 3. The van der Waals surface area contributed by atoms with Crippen molar-refractivity contribution < 1.29 is 4.79 Å². The fraction of sp³-hybridized carbons (Fsp3) is 0.800. The summed E-state index contributed by atoms with van der Waals surface area (Å²) in [5.41, 5.74) is 5.34. The van der Waals surface area contributed by atoms with Gasteiger partial charge in [0.2, 0.25) is 0 Å². The topological polar surface area (TPSA) is 91.0 Å². The fourth-order valence-electron chi connectivity index (χ4n) is 1.86. The van der Waals surface area contributed by atoms with Gasteiger partial charge in [0.15, 0.2) is 0 Å². The Morgan fingerprint density at radius 1 is 1.53 bits per heavy atom. The third-order valence-electron chi connectivity index (χ3n) is 2.78. The summed E-state index contributed by atoms with van der Waals surface area (Å²) >= 11 is 0. The van der Waals surface area contributed by atoms with Crippen LogP contribution < -0.4 is 16.4 Å². The van der Waals surface area contributed by atoms with Crippen molar-refractivity contribution in [3.05, 3.63) is 0 Å². The normalized spacial score (nSPS) is 18.5. The van der Waals surface area contributed by atoms with E-state index in [2.05, 4.69) is 10.6 Å². The number of hydrogen-bond donors (Lipinski definition) is 4. The highest BCUT2D eigenvalue weighted by molar-refractivity contribution is 5.87. The maximum absolute atomic E-state index is 11.5. The minimum absolute atomic E-state index is 0.0130. The van der Waals surface area contributed by atoms with Gasteiger partial charge in [0.25, 0.3) is 0 Å². The Hall–Kier alpha value is -1.26. The molecule has 0 radical (unpaired) electrons. The first-order valence-corrected chi connectivity index (χ1v) is 5.54. The summed E-state index contributed by atoms with van der Waals surface area (Å²) in [6.45, 7) is 1.89. The van der Waals surface area contributed by atoms with Gasteiger partial charge in [-0.3, -0.25) is 5.41 Å². The van der Waals surface area contributed by atoms with Gasteiger partial charge in [0.05, 0.1) is 6.04 Å². The highest BCUT2D eigenvalue weighted by Gasteiger charge is 2.19.